The van der Waals surface area contributed by atoms with Crippen LogP contribution in [0, 0.1) is 24.1 Å². The van der Waals surface area contributed by atoms with Crippen LogP contribution in [0.5, 0.6) is 0 Å². The number of halogens is 1. The van der Waals surface area contributed by atoms with Crippen molar-refractivity contribution in [1.29, 1.82) is 5.26 Å². The molecule has 0 aliphatic carbocycles. The summed E-state index contributed by atoms with van der Waals surface area (Å²) >= 11 is 0. The quantitative estimate of drug-likeness (QED) is 0.889. The number of hydrogen-bond acceptors (Lipinski definition) is 2. The standard InChI is InChI=1S/C15H13FN2/c1-11-4-2-3-5-15(11)18-10-13-7-6-12(9-17)8-14(13)16/h2-8,18H,10H2,1H3. The molecule has 0 fully saturated rings. The van der Waals surface area contributed by atoms with Gasteiger partial charge in [0.25, 0.3) is 0 Å². The van der Waals surface area contributed by atoms with Crippen LogP contribution in [-0.4, -0.2) is 0 Å². The van der Waals surface area contributed by atoms with E-state index in [1.54, 1.807) is 12.1 Å². The number of nitrogens with one attached hydrogen (secondary N) is 1. The summed E-state index contributed by atoms with van der Waals surface area (Å²) in [5.74, 6) is -0.352. The van der Waals surface area contributed by atoms with Gasteiger partial charge in [0, 0.05) is 17.8 Å². The molecule has 0 amide bonds. The lowest BCUT2D eigenvalue weighted by atomic mass is 10.1. The first-order chi connectivity index (χ1) is 8.70. The van der Waals surface area contributed by atoms with Crippen molar-refractivity contribution in [3.8, 4) is 6.07 Å². The van der Waals surface area contributed by atoms with E-state index in [2.05, 4.69) is 5.32 Å². The van der Waals surface area contributed by atoms with E-state index in [4.69, 9.17) is 5.26 Å². The van der Waals surface area contributed by atoms with Gasteiger partial charge in [0.15, 0.2) is 0 Å². The van der Waals surface area contributed by atoms with E-state index in [1.807, 2.05) is 37.3 Å². The summed E-state index contributed by atoms with van der Waals surface area (Å²) in [6.45, 7) is 2.40. The molecule has 2 aromatic rings. The Hall–Kier alpha value is -2.34. The molecule has 2 aromatic carbocycles. The summed E-state index contributed by atoms with van der Waals surface area (Å²) in [7, 11) is 0. The molecular formula is C15H13FN2. The van der Waals surface area contributed by atoms with Crippen molar-refractivity contribution in [3.63, 3.8) is 0 Å². The molecule has 0 aromatic heterocycles. The summed E-state index contributed by atoms with van der Waals surface area (Å²) < 4.78 is 13.6. The highest BCUT2D eigenvalue weighted by atomic mass is 19.1. The molecule has 90 valence electrons. The van der Waals surface area contributed by atoms with Crippen LogP contribution < -0.4 is 5.32 Å². The SMILES string of the molecule is Cc1ccccc1NCc1ccc(C#N)cc1F. The third-order valence-electron chi connectivity index (χ3n) is 2.80. The van der Waals surface area contributed by atoms with Gasteiger partial charge in [-0.3, -0.25) is 0 Å². The van der Waals surface area contributed by atoms with Crippen molar-refractivity contribution in [2.45, 2.75) is 13.5 Å². The highest BCUT2D eigenvalue weighted by Crippen LogP contribution is 2.16. The summed E-state index contributed by atoms with van der Waals surface area (Å²) in [6.07, 6.45) is 0. The third kappa shape index (κ3) is 2.67. The van der Waals surface area contributed by atoms with E-state index in [0.29, 0.717) is 17.7 Å². The Bertz CT molecular complexity index is 600. The third-order valence-corrected chi connectivity index (χ3v) is 2.80. The zero-order valence-corrected chi connectivity index (χ0v) is 10.1. The van der Waals surface area contributed by atoms with E-state index in [-0.39, 0.29) is 5.82 Å². The Morgan fingerprint density at radius 2 is 2.00 bits per heavy atom. The molecule has 2 nitrogen and oxygen atoms in total. The normalized spacial score (nSPS) is 9.83. The monoisotopic (exact) mass is 240 g/mol. The van der Waals surface area contributed by atoms with Gasteiger partial charge in [0.2, 0.25) is 0 Å². The molecule has 18 heavy (non-hydrogen) atoms. The van der Waals surface area contributed by atoms with Crippen LogP contribution >= 0.6 is 0 Å². The van der Waals surface area contributed by atoms with Gasteiger partial charge in [-0.1, -0.05) is 24.3 Å². The maximum absolute atomic E-state index is 13.6. The first-order valence-electron chi connectivity index (χ1n) is 5.69. The van der Waals surface area contributed by atoms with Crippen LogP contribution in [-0.2, 0) is 6.54 Å². The molecule has 0 aliphatic heterocycles. The summed E-state index contributed by atoms with van der Waals surface area (Å²) in [5, 5.41) is 11.8. The predicted molar refractivity (Wildman–Crippen MR) is 69.6 cm³/mol. The van der Waals surface area contributed by atoms with Gasteiger partial charge in [-0.15, -0.1) is 0 Å². The van der Waals surface area contributed by atoms with Gasteiger partial charge in [-0.2, -0.15) is 5.26 Å². The van der Waals surface area contributed by atoms with E-state index >= 15 is 0 Å². The molecule has 0 spiro atoms. The zero-order chi connectivity index (χ0) is 13.0. The number of rotatable bonds is 3. The van der Waals surface area contributed by atoms with E-state index in [1.165, 1.54) is 6.07 Å². The number of nitriles is 1. The molecule has 0 saturated carbocycles. The second-order valence-electron chi connectivity index (χ2n) is 4.09. The highest BCUT2D eigenvalue weighted by molar-refractivity contribution is 5.50. The Morgan fingerprint density at radius 3 is 2.67 bits per heavy atom. The second kappa shape index (κ2) is 5.33. The molecule has 0 bridgehead atoms. The van der Waals surface area contributed by atoms with Crippen molar-refractivity contribution in [2.24, 2.45) is 0 Å². The summed E-state index contributed by atoms with van der Waals surface area (Å²) in [4.78, 5) is 0. The first kappa shape index (κ1) is 12.1. The van der Waals surface area contributed by atoms with Crippen LogP contribution in [0.15, 0.2) is 42.5 Å². The van der Waals surface area contributed by atoms with Gasteiger partial charge in [0.1, 0.15) is 5.82 Å². The molecule has 0 radical (unpaired) electrons. The molecule has 0 aliphatic rings. The van der Waals surface area contributed by atoms with Crippen LogP contribution in [0.3, 0.4) is 0 Å². The fourth-order valence-electron chi connectivity index (χ4n) is 1.72. The minimum Gasteiger partial charge on any atom is -0.381 e. The van der Waals surface area contributed by atoms with Gasteiger partial charge >= 0.3 is 0 Å². The average molecular weight is 240 g/mol. The number of nitrogens with zero attached hydrogens (tertiary/aromatic N) is 1. The zero-order valence-electron chi connectivity index (χ0n) is 10.1. The molecule has 2 rings (SSSR count). The van der Waals surface area contributed by atoms with Crippen LogP contribution in [0.1, 0.15) is 16.7 Å². The largest absolute Gasteiger partial charge is 0.381 e. The van der Waals surface area contributed by atoms with Gasteiger partial charge < -0.3 is 5.32 Å². The van der Waals surface area contributed by atoms with Crippen molar-refractivity contribution in [2.75, 3.05) is 5.32 Å². The van der Waals surface area contributed by atoms with Gasteiger partial charge in [-0.05, 0) is 30.7 Å². The van der Waals surface area contributed by atoms with Crippen molar-refractivity contribution >= 4 is 5.69 Å². The topological polar surface area (TPSA) is 35.8 Å². The van der Waals surface area contributed by atoms with E-state index in [0.717, 1.165) is 11.3 Å². The van der Waals surface area contributed by atoms with Crippen LogP contribution in [0.2, 0.25) is 0 Å². The lowest BCUT2D eigenvalue weighted by molar-refractivity contribution is 0.612. The van der Waals surface area contributed by atoms with Crippen molar-refractivity contribution in [1.82, 2.24) is 0 Å². The van der Waals surface area contributed by atoms with E-state index in [9.17, 15) is 4.39 Å². The number of hydrogen-bond donors (Lipinski definition) is 1. The summed E-state index contributed by atoms with van der Waals surface area (Å²) in [5.41, 5.74) is 3.00. The van der Waals surface area contributed by atoms with Crippen LogP contribution in [0.4, 0.5) is 10.1 Å². The minimum atomic E-state index is -0.352. The fraction of sp³-hybridized carbons (Fsp3) is 0.133. The van der Waals surface area contributed by atoms with Crippen LogP contribution in [0.25, 0.3) is 0 Å². The smallest absolute Gasteiger partial charge is 0.129 e. The van der Waals surface area contributed by atoms with Gasteiger partial charge in [-0.25, -0.2) is 4.39 Å². The molecule has 0 atom stereocenters. The number of aryl methyl sites for hydroxylation is 1. The molecular weight excluding hydrogens is 227 g/mol. The molecule has 0 heterocycles. The van der Waals surface area contributed by atoms with E-state index < -0.39 is 0 Å². The Labute approximate surface area is 106 Å². The first-order valence-corrected chi connectivity index (χ1v) is 5.69. The Morgan fingerprint density at radius 1 is 1.22 bits per heavy atom. The number of para-hydroxylation sites is 1. The number of benzene rings is 2. The fourth-order valence-corrected chi connectivity index (χ4v) is 1.72. The highest BCUT2D eigenvalue weighted by Gasteiger charge is 2.04. The molecule has 0 saturated heterocycles. The minimum absolute atomic E-state index is 0.340. The Kier molecular flexibility index (Phi) is 3.59. The second-order valence-corrected chi connectivity index (χ2v) is 4.09. The lowest BCUT2D eigenvalue weighted by Crippen LogP contribution is -2.03. The maximum atomic E-state index is 13.6. The number of anilines is 1. The van der Waals surface area contributed by atoms with Gasteiger partial charge in [0.05, 0.1) is 11.6 Å². The average Bonchev–Trinajstić information content (AvgIpc) is 2.39. The molecule has 1 N–H and O–H groups in total. The summed E-state index contributed by atoms with van der Waals surface area (Å²) in [6, 6.07) is 14.3. The molecule has 0 unspecified atom stereocenters. The Balaban J connectivity index is 2.12. The van der Waals surface area contributed by atoms with Crippen molar-refractivity contribution in [3.05, 3.63) is 65.0 Å². The van der Waals surface area contributed by atoms with Crippen molar-refractivity contribution < 1.29 is 4.39 Å². The molecule has 3 heteroatoms. The predicted octanol–water partition coefficient (Wildman–Crippen LogP) is 3.62. The maximum Gasteiger partial charge on any atom is 0.129 e. The lowest BCUT2D eigenvalue weighted by Gasteiger charge is -2.10.